The van der Waals surface area contributed by atoms with E-state index in [4.69, 9.17) is 5.11 Å². The molecule has 0 bridgehead atoms. The highest BCUT2D eigenvalue weighted by Gasteiger charge is 2.23. The third-order valence-corrected chi connectivity index (χ3v) is 3.11. The molecule has 116 valence electrons. The topological polar surface area (TPSA) is 78.4 Å². The van der Waals surface area contributed by atoms with Crippen molar-refractivity contribution in [2.75, 3.05) is 13.2 Å². The Morgan fingerprint density at radius 3 is 2.43 bits per heavy atom. The monoisotopic (exact) mass is 292 g/mol. The lowest BCUT2D eigenvalue weighted by Gasteiger charge is -2.21. The third kappa shape index (κ3) is 6.40. The second-order valence-corrected chi connectivity index (χ2v) is 5.32. The number of aliphatic hydroxyl groups excluding tert-OH is 1. The predicted octanol–water partition coefficient (Wildman–Crippen LogP) is 0.868. The summed E-state index contributed by atoms with van der Waals surface area (Å²) in [4.78, 5) is 24.1. The third-order valence-electron chi connectivity index (χ3n) is 3.11. The Morgan fingerprint density at radius 1 is 1.19 bits per heavy atom. The first-order chi connectivity index (χ1) is 10.0. The smallest absolute Gasteiger partial charge is 0.242 e. The van der Waals surface area contributed by atoms with Gasteiger partial charge in [0.25, 0.3) is 0 Å². The van der Waals surface area contributed by atoms with Crippen LogP contribution in [0.4, 0.5) is 0 Å². The first-order valence-electron chi connectivity index (χ1n) is 7.26. The molecule has 1 atom stereocenters. The highest BCUT2D eigenvalue weighted by atomic mass is 16.3. The summed E-state index contributed by atoms with van der Waals surface area (Å²) in [5.74, 6) is -0.379. The molecule has 1 aromatic rings. The average Bonchev–Trinajstić information content (AvgIpc) is 2.45. The van der Waals surface area contributed by atoms with Gasteiger partial charge in [-0.25, -0.2) is 0 Å². The van der Waals surface area contributed by atoms with Crippen LogP contribution in [-0.2, 0) is 16.0 Å². The van der Waals surface area contributed by atoms with E-state index in [2.05, 4.69) is 10.6 Å². The molecule has 0 aliphatic carbocycles. The number of rotatable bonds is 8. The molecule has 1 rings (SSSR count). The quantitative estimate of drug-likeness (QED) is 0.622. The van der Waals surface area contributed by atoms with E-state index in [1.807, 2.05) is 44.2 Å². The normalized spacial score (nSPS) is 12.0. The molecule has 0 aromatic heterocycles. The van der Waals surface area contributed by atoms with Crippen molar-refractivity contribution in [1.82, 2.24) is 10.6 Å². The van der Waals surface area contributed by atoms with Crippen LogP contribution in [0.15, 0.2) is 30.3 Å². The average molecular weight is 292 g/mol. The summed E-state index contributed by atoms with van der Waals surface area (Å²) >= 11 is 0. The van der Waals surface area contributed by atoms with E-state index in [1.54, 1.807) is 0 Å². The summed E-state index contributed by atoms with van der Waals surface area (Å²) in [6.07, 6.45) is 0.766. The minimum Gasteiger partial charge on any atom is -0.396 e. The Morgan fingerprint density at radius 2 is 1.86 bits per heavy atom. The Bertz CT molecular complexity index is 446. The van der Waals surface area contributed by atoms with Crippen LogP contribution in [0, 0.1) is 5.92 Å². The van der Waals surface area contributed by atoms with Gasteiger partial charge in [0.2, 0.25) is 11.8 Å². The number of amides is 2. The number of hydrogen-bond donors (Lipinski definition) is 3. The standard InChI is InChI=1S/C16H24N2O3/c1-12(2)15(16(21)17-9-6-10-19)18-14(20)11-13-7-4-3-5-8-13/h3-5,7-8,12,15,19H,6,9-11H2,1-2H3,(H,17,21)(H,18,20). The number of carbonyl (C=O) groups excluding carboxylic acids is 2. The maximum atomic E-state index is 12.0. The van der Waals surface area contributed by atoms with E-state index in [0.29, 0.717) is 13.0 Å². The molecular weight excluding hydrogens is 268 g/mol. The van der Waals surface area contributed by atoms with E-state index in [0.717, 1.165) is 5.56 Å². The van der Waals surface area contributed by atoms with Crippen molar-refractivity contribution in [2.45, 2.75) is 32.7 Å². The van der Waals surface area contributed by atoms with E-state index in [1.165, 1.54) is 0 Å². The summed E-state index contributed by atoms with van der Waals surface area (Å²) in [7, 11) is 0. The Kier molecular flexibility index (Phi) is 7.46. The molecule has 0 aliphatic heterocycles. The molecule has 0 aliphatic rings. The van der Waals surface area contributed by atoms with Crippen LogP contribution in [0.3, 0.4) is 0 Å². The van der Waals surface area contributed by atoms with Gasteiger partial charge in [-0.1, -0.05) is 44.2 Å². The Balaban J connectivity index is 2.53. The lowest BCUT2D eigenvalue weighted by Crippen LogP contribution is -2.50. The molecule has 0 saturated heterocycles. The van der Waals surface area contributed by atoms with Gasteiger partial charge in [-0.3, -0.25) is 9.59 Å². The first kappa shape index (κ1) is 17.2. The van der Waals surface area contributed by atoms with Crippen molar-refractivity contribution in [3.8, 4) is 0 Å². The number of nitrogens with one attached hydrogen (secondary N) is 2. The van der Waals surface area contributed by atoms with E-state index < -0.39 is 6.04 Å². The molecule has 0 heterocycles. The van der Waals surface area contributed by atoms with Gasteiger partial charge < -0.3 is 15.7 Å². The van der Waals surface area contributed by atoms with E-state index in [-0.39, 0.29) is 30.8 Å². The molecule has 0 saturated carbocycles. The van der Waals surface area contributed by atoms with Crippen molar-refractivity contribution in [2.24, 2.45) is 5.92 Å². The van der Waals surface area contributed by atoms with Gasteiger partial charge in [-0.15, -0.1) is 0 Å². The molecule has 0 spiro atoms. The van der Waals surface area contributed by atoms with Crippen LogP contribution in [-0.4, -0.2) is 36.1 Å². The summed E-state index contributed by atoms with van der Waals surface area (Å²) < 4.78 is 0. The first-order valence-corrected chi connectivity index (χ1v) is 7.26. The molecule has 2 amide bonds. The number of carbonyl (C=O) groups is 2. The molecule has 21 heavy (non-hydrogen) atoms. The predicted molar refractivity (Wildman–Crippen MR) is 81.6 cm³/mol. The van der Waals surface area contributed by atoms with Crippen molar-refractivity contribution >= 4 is 11.8 Å². The number of aliphatic hydroxyl groups is 1. The maximum Gasteiger partial charge on any atom is 0.242 e. The Labute approximate surface area is 125 Å². The van der Waals surface area contributed by atoms with Crippen molar-refractivity contribution in [1.29, 1.82) is 0 Å². The second-order valence-electron chi connectivity index (χ2n) is 5.32. The summed E-state index contributed by atoms with van der Waals surface area (Å²) in [5, 5.41) is 14.2. The molecule has 1 aromatic carbocycles. The fourth-order valence-electron chi connectivity index (χ4n) is 1.94. The van der Waals surface area contributed by atoms with E-state index >= 15 is 0 Å². The van der Waals surface area contributed by atoms with Gasteiger partial charge in [-0.05, 0) is 17.9 Å². The van der Waals surface area contributed by atoms with Gasteiger partial charge in [-0.2, -0.15) is 0 Å². The van der Waals surface area contributed by atoms with Crippen LogP contribution < -0.4 is 10.6 Å². The molecule has 5 heteroatoms. The molecule has 0 fully saturated rings. The van der Waals surface area contributed by atoms with Crippen LogP contribution in [0.5, 0.6) is 0 Å². The summed E-state index contributed by atoms with van der Waals surface area (Å²) in [6.45, 7) is 4.22. The largest absolute Gasteiger partial charge is 0.396 e. The van der Waals surface area contributed by atoms with Gasteiger partial charge in [0.1, 0.15) is 6.04 Å². The maximum absolute atomic E-state index is 12.0. The van der Waals surface area contributed by atoms with Crippen molar-refractivity contribution in [3.63, 3.8) is 0 Å². The minimum atomic E-state index is -0.556. The lowest BCUT2D eigenvalue weighted by molar-refractivity contribution is -0.129. The molecule has 3 N–H and O–H groups in total. The summed E-state index contributed by atoms with van der Waals surface area (Å²) in [5.41, 5.74) is 0.915. The van der Waals surface area contributed by atoms with Crippen LogP contribution in [0.1, 0.15) is 25.8 Å². The molecular formula is C16H24N2O3. The SMILES string of the molecule is CC(C)C(NC(=O)Cc1ccccc1)C(=O)NCCCO. The van der Waals surface area contributed by atoms with Crippen molar-refractivity contribution < 1.29 is 14.7 Å². The zero-order valence-electron chi connectivity index (χ0n) is 12.6. The molecule has 1 unspecified atom stereocenters. The van der Waals surface area contributed by atoms with Gasteiger partial charge in [0, 0.05) is 13.2 Å². The van der Waals surface area contributed by atoms with Crippen LogP contribution in [0.25, 0.3) is 0 Å². The zero-order valence-corrected chi connectivity index (χ0v) is 12.6. The minimum absolute atomic E-state index is 0.00106. The fraction of sp³-hybridized carbons (Fsp3) is 0.500. The van der Waals surface area contributed by atoms with E-state index in [9.17, 15) is 9.59 Å². The van der Waals surface area contributed by atoms with Crippen LogP contribution in [0.2, 0.25) is 0 Å². The zero-order chi connectivity index (χ0) is 15.7. The fourth-order valence-corrected chi connectivity index (χ4v) is 1.94. The van der Waals surface area contributed by atoms with Gasteiger partial charge in [0.15, 0.2) is 0 Å². The lowest BCUT2D eigenvalue weighted by atomic mass is 10.0. The van der Waals surface area contributed by atoms with Crippen molar-refractivity contribution in [3.05, 3.63) is 35.9 Å². The second kappa shape index (κ2) is 9.13. The highest BCUT2D eigenvalue weighted by molar-refractivity contribution is 5.88. The highest BCUT2D eigenvalue weighted by Crippen LogP contribution is 2.04. The number of hydrogen-bond acceptors (Lipinski definition) is 3. The van der Waals surface area contributed by atoms with Gasteiger partial charge >= 0.3 is 0 Å². The number of benzene rings is 1. The Hall–Kier alpha value is -1.88. The molecule has 5 nitrogen and oxygen atoms in total. The van der Waals surface area contributed by atoms with Crippen LogP contribution >= 0.6 is 0 Å². The van der Waals surface area contributed by atoms with Gasteiger partial charge in [0.05, 0.1) is 6.42 Å². The molecule has 0 radical (unpaired) electrons. The summed E-state index contributed by atoms with van der Waals surface area (Å²) in [6, 6.07) is 8.86.